The average Bonchev–Trinajstić information content (AvgIpc) is 2.65. The second-order valence-electron chi connectivity index (χ2n) is 5.45. The minimum atomic E-state index is -1.04. The minimum absolute atomic E-state index is 0.434. The Morgan fingerprint density at radius 2 is 1.74 bits per heavy atom. The molecule has 2 rings (SSSR count). The van der Waals surface area contributed by atoms with Gasteiger partial charge in [-0.3, -0.25) is 0 Å². The molecule has 0 heterocycles. The predicted octanol–water partition coefficient (Wildman–Crippen LogP) is 3.09. The van der Waals surface area contributed by atoms with Gasteiger partial charge < -0.3 is 19.9 Å². The number of hydrazone groups is 1. The third kappa shape index (κ3) is 6.69. The van der Waals surface area contributed by atoms with Crippen molar-refractivity contribution in [3.05, 3.63) is 54.1 Å². The highest BCUT2D eigenvalue weighted by atomic mass is 16.5. The van der Waals surface area contributed by atoms with Crippen molar-refractivity contribution in [2.75, 3.05) is 11.9 Å². The molecule has 0 bridgehead atoms. The van der Waals surface area contributed by atoms with E-state index in [4.69, 9.17) is 14.6 Å². The van der Waals surface area contributed by atoms with Crippen molar-refractivity contribution in [2.24, 2.45) is 5.10 Å². The highest BCUT2D eigenvalue weighted by molar-refractivity contribution is 5.90. The summed E-state index contributed by atoms with van der Waals surface area (Å²) in [6.07, 6.45) is 0.528. The largest absolute Gasteiger partial charge is 0.494 e. The van der Waals surface area contributed by atoms with Gasteiger partial charge in [0.15, 0.2) is 6.10 Å². The molecule has 0 aliphatic heterocycles. The number of amides is 2. The molecule has 0 saturated carbocycles. The van der Waals surface area contributed by atoms with E-state index in [2.05, 4.69) is 15.8 Å². The molecule has 2 aromatic carbocycles. The predicted molar refractivity (Wildman–Crippen MR) is 102 cm³/mol. The molecular weight excluding hydrogens is 350 g/mol. The number of carboxylic acid groups (broad SMARTS) is 1. The zero-order valence-corrected chi connectivity index (χ0v) is 15.0. The van der Waals surface area contributed by atoms with E-state index in [-0.39, 0.29) is 0 Å². The van der Waals surface area contributed by atoms with Gasteiger partial charge in [-0.05, 0) is 67.9 Å². The quantitative estimate of drug-likeness (QED) is 0.488. The number of aliphatic carboxylic acids is 1. The molecule has 142 valence electrons. The molecule has 2 amide bonds. The number of benzene rings is 2. The van der Waals surface area contributed by atoms with Crippen molar-refractivity contribution < 1.29 is 24.2 Å². The van der Waals surface area contributed by atoms with E-state index < -0.39 is 18.1 Å². The molecule has 1 atom stereocenters. The maximum Gasteiger partial charge on any atom is 0.344 e. The molecule has 0 aliphatic carbocycles. The molecule has 8 nitrogen and oxygen atoms in total. The van der Waals surface area contributed by atoms with Crippen molar-refractivity contribution in [1.82, 2.24) is 5.43 Å². The number of carbonyl (C=O) groups is 2. The summed E-state index contributed by atoms with van der Waals surface area (Å²) in [5.41, 5.74) is 3.69. The molecule has 2 aromatic rings. The molecule has 0 spiro atoms. The van der Waals surface area contributed by atoms with Gasteiger partial charge in [-0.1, -0.05) is 0 Å². The second kappa shape index (κ2) is 9.81. The van der Waals surface area contributed by atoms with E-state index in [1.807, 2.05) is 6.92 Å². The van der Waals surface area contributed by atoms with E-state index in [9.17, 15) is 9.59 Å². The highest BCUT2D eigenvalue weighted by Crippen LogP contribution is 2.15. The maximum absolute atomic E-state index is 11.8. The number of carboxylic acids is 1. The number of hydrogen-bond donors (Lipinski definition) is 3. The number of ether oxygens (including phenoxy) is 2. The van der Waals surface area contributed by atoms with Gasteiger partial charge in [0.05, 0.1) is 12.8 Å². The van der Waals surface area contributed by atoms with Crippen molar-refractivity contribution in [2.45, 2.75) is 20.0 Å². The summed E-state index contributed by atoms with van der Waals surface area (Å²) >= 11 is 0. The van der Waals surface area contributed by atoms with Gasteiger partial charge >= 0.3 is 12.0 Å². The molecule has 8 heteroatoms. The average molecular weight is 371 g/mol. The normalized spacial score (nSPS) is 11.6. The van der Waals surface area contributed by atoms with Crippen LogP contribution >= 0.6 is 0 Å². The summed E-state index contributed by atoms with van der Waals surface area (Å²) < 4.78 is 10.6. The minimum Gasteiger partial charge on any atom is -0.494 e. The Morgan fingerprint density at radius 1 is 1.11 bits per heavy atom. The van der Waals surface area contributed by atoms with Gasteiger partial charge in [0.25, 0.3) is 0 Å². The third-order valence-electron chi connectivity index (χ3n) is 3.34. The fourth-order valence-corrected chi connectivity index (χ4v) is 2.01. The topological polar surface area (TPSA) is 109 Å². The Labute approximate surface area is 156 Å². The van der Waals surface area contributed by atoms with Crippen LogP contribution in [0.15, 0.2) is 53.6 Å². The zero-order valence-electron chi connectivity index (χ0n) is 15.0. The Kier molecular flexibility index (Phi) is 7.18. The summed E-state index contributed by atoms with van der Waals surface area (Å²) in [5, 5.41) is 15.3. The van der Waals surface area contributed by atoms with Crippen LogP contribution in [0, 0.1) is 0 Å². The number of hydrogen-bond acceptors (Lipinski definition) is 5. The van der Waals surface area contributed by atoms with Crippen molar-refractivity contribution >= 4 is 23.9 Å². The molecule has 0 radical (unpaired) electrons. The first-order chi connectivity index (χ1) is 13.0. The SMILES string of the molecule is CCOc1ccc(NC(=O)N/N=C/c2ccc(O[C@H](C)C(=O)O)cc2)cc1. The number of carbonyl (C=O) groups excluding carboxylic acids is 1. The number of urea groups is 1. The number of nitrogens with zero attached hydrogens (tertiary/aromatic N) is 1. The lowest BCUT2D eigenvalue weighted by Gasteiger charge is -2.10. The van der Waals surface area contributed by atoms with Crippen molar-refractivity contribution in [3.63, 3.8) is 0 Å². The Morgan fingerprint density at radius 3 is 2.33 bits per heavy atom. The van der Waals surface area contributed by atoms with Crippen LogP contribution in [0.1, 0.15) is 19.4 Å². The standard InChI is InChI=1S/C19H21N3O5/c1-3-26-16-10-6-15(7-11-16)21-19(25)22-20-12-14-4-8-17(9-5-14)27-13(2)18(23)24/h4-13H,3H2,1-2H3,(H,23,24)(H2,21,22,25)/b20-12+/t13-/m1/s1. The monoisotopic (exact) mass is 371 g/mol. The van der Waals surface area contributed by atoms with Crippen LogP contribution < -0.4 is 20.2 Å². The van der Waals surface area contributed by atoms with Gasteiger partial charge in [-0.2, -0.15) is 5.10 Å². The summed E-state index contributed by atoms with van der Waals surface area (Å²) in [5.74, 6) is 0.123. The lowest BCUT2D eigenvalue weighted by molar-refractivity contribution is -0.144. The number of rotatable bonds is 8. The number of anilines is 1. The van der Waals surface area contributed by atoms with Gasteiger partial charge in [-0.25, -0.2) is 15.0 Å². The molecule has 0 unspecified atom stereocenters. The van der Waals surface area contributed by atoms with Gasteiger partial charge in [0.1, 0.15) is 11.5 Å². The van der Waals surface area contributed by atoms with Crippen LogP contribution in [0.3, 0.4) is 0 Å². The van der Waals surface area contributed by atoms with Crippen LogP contribution in [0.4, 0.5) is 10.5 Å². The summed E-state index contributed by atoms with van der Waals surface area (Å²) in [7, 11) is 0. The van der Waals surface area contributed by atoms with Crippen molar-refractivity contribution in [1.29, 1.82) is 0 Å². The van der Waals surface area contributed by atoms with E-state index in [1.54, 1.807) is 48.5 Å². The maximum atomic E-state index is 11.8. The lowest BCUT2D eigenvalue weighted by Crippen LogP contribution is -2.24. The Hall–Kier alpha value is -3.55. The lowest BCUT2D eigenvalue weighted by atomic mass is 10.2. The van der Waals surface area contributed by atoms with E-state index >= 15 is 0 Å². The summed E-state index contributed by atoms with van der Waals surface area (Å²) in [4.78, 5) is 22.6. The first-order valence-corrected chi connectivity index (χ1v) is 8.30. The molecule has 0 aromatic heterocycles. The van der Waals surface area contributed by atoms with Gasteiger partial charge in [-0.15, -0.1) is 0 Å². The molecule has 3 N–H and O–H groups in total. The van der Waals surface area contributed by atoms with Crippen LogP contribution in [0.2, 0.25) is 0 Å². The molecule has 0 saturated heterocycles. The van der Waals surface area contributed by atoms with E-state index in [0.29, 0.717) is 23.6 Å². The van der Waals surface area contributed by atoms with Crippen LogP contribution in [-0.2, 0) is 4.79 Å². The fourth-order valence-electron chi connectivity index (χ4n) is 2.01. The molecule has 0 fully saturated rings. The van der Waals surface area contributed by atoms with Crippen LogP contribution in [0.25, 0.3) is 0 Å². The Bertz CT molecular complexity index is 788. The van der Waals surface area contributed by atoms with Crippen LogP contribution in [0.5, 0.6) is 11.5 Å². The van der Waals surface area contributed by atoms with Gasteiger partial charge in [0.2, 0.25) is 0 Å². The first-order valence-electron chi connectivity index (χ1n) is 8.30. The molecular formula is C19H21N3O5. The summed E-state index contributed by atoms with van der Waals surface area (Å²) in [6, 6.07) is 13.1. The van der Waals surface area contributed by atoms with Crippen molar-refractivity contribution in [3.8, 4) is 11.5 Å². The third-order valence-corrected chi connectivity index (χ3v) is 3.34. The van der Waals surface area contributed by atoms with E-state index in [1.165, 1.54) is 13.1 Å². The molecule has 0 aliphatic rings. The Balaban J connectivity index is 1.82. The highest BCUT2D eigenvalue weighted by Gasteiger charge is 2.11. The van der Waals surface area contributed by atoms with Gasteiger partial charge in [0, 0.05) is 5.69 Å². The second-order valence-corrected chi connectivity index (χ2v) is 5.45. The van der Waals surface area contributed by atoms with Crippen LogP contribution in [-0.4, -0.2) is 36.0 Å². The number of nitrogens with one attached hydrogen (secondary N) is 2. The smallest absolute Gasteiger partial charge is 0.344 e. The molecule has 27 heavy (non-hydrogen) atoms. The summed E-state index contributed by atoms with van der Waals surface area (Å²) in [6.45, 7) is 3.92. The first kappa shape index (κ1) is 19.8. The van der Waals surface area contributed by atoms with E-state index in [0.717, 1.165) is 5.75 Å². The zero-order chi connectivity index (χ0) is 19.6. The fraction of sp³-hybridized carbons (Fsp3) is 0.211.